The molecule has 19 heavy (non-hydrogen) atoms. The van der Waals surface area contributed by atoms with Crippen LogP contribution in [0.2, 0.25) is 0 Å². The van der Waals surface area contributed by atoms with Crippen molar-refractivity contribution in [1.29, 1.82) is 0 Å². The largest absolute Gasteiger partial charge is 0.368 e. The average molecular weight is 261 g/mol. The summed E-state index contributed by atoms with van der Waals surface area (Å²) in [6, 6.07) is 10.4. The molecule has 2 N–H and O–H groups in total. The van der Waals surface area contributed by atoms with Gasteiger partial charge in [0.25, 0.3) is 0 Å². The Balaban J connectivity index is 1.87. The third kappa shape index (κ3) is 3.47. The van der Waals surface area contributed by atoms with Crippen molar-refractivity contribution >= 4 is 11.6 Å². The first-order valence-corrected chi connectivity index (χ1v) is 7.01. The van der Waals surface area contributed by atoms with E-state index >= 15 is 0 Å². The van der Waals surface area contributed by atoms with Gasteiger partial charge < -0.3 is 15.5 Å². The zero-order valence-electron chi connectivity index (χ0n) is 11.6. The van der Waals surface area contributed by atoms with Crippen LogP contribution >= 0.6 is 0 Å². The van der Waals surface area contributed by atoms with E-state index in [-0.39, 0.29) is 11.8 Å². The van der Waals surface area contributed by atoms with E-state index in [4.69, 9.17) is 5.73 Å². The van der Waals surface area contributed by atoms with Gasteiger partial charge in [-0.05, 0) is 25.1 Å². The highest BCUT2D eigenvalue weighted by molar-refractivity contribution is 5.78. The lowest BCUT2D eigenvalue weighted by atomic mass is 10.1. The molecule has 0 aromatic heterocycles. The molecular weight excluding hydrogens is 238 g/mol. The molecule has 2 rings (SSSR count). The summed E-state index contributed by atoms with van der Waals surface area (Å²) < 4.78 is 0. The predicted molar refractivity (Wildman–Crippen MR) is 78.1 cm³/mol. The van der Waals surface area contributed by atoms with Gasteiger partial charge in [-0.25, -0.2) is 0 Å². The van der Waals surface area contributed by atoms with Gasteiger partial charge in [0.15, 0.2) is 0 Å². The van der Waals surface area contributed by atoms with Crippen molar-refractivity contribution in [2.45, 2.75) is 13.3 Å². The van der Waals surface area contributed by atoms with Crippen molar-refractivity contribution in [3.8, 4) is 0 Å². The smallest absolute Gasteiger partial charge is 0.225 e. The first-order valence-electron chi connectivity index (χ1n) is 7.01. The molecule has 0 bridgehead atoms. The van der Waals surface area contributed by atoms with Crippen LogP contribution in [0.5, 0.6) is 0 Å². The molecule has 1 fully saturated rings. The van der Waals surface area contributed by atoms with Crippen LogP contribution in [-0.2, 0) is 4.79 Å². The highest BCUT2D eigenvalue weighted by atomic mass is 16.2. The summed E-state index contributed by atoms with van der Waals surface area (Å²) in [7, 11) is 0. The number of hydrogen-bond acceptors (Lipinski definition) is 3. The number of carbonyl (C=O) groups excluding carboxylic acids is 1. The van der Waals surface area contributed by atoms with Gasteiger partial charge in [-0.15, -0.1) is 0 Å². The van der Waals surface area contributed by atoms with Crippen LogP contribution in [0.1, 0.15) is 13.3 Å². The summed E-state index contributed by atoms with van der Waals surface area (Å²) in [4.78, 5) is 16.5. The minimum atomic E-state index is 0.0493. The van der Waals surface area contributed by atoms with Gasteiger partial charge in [0, 0.05) is 37.8 Å². The van der Waals surface area contributed by atoms with Gasteiger partial charge in [-0.1, -0.05) is 25.1 Å². The number of hydrogen-bond donors (Lipinski definition) is 1. The Kier molecular flexibility index (Phi) is 4.80. The number of benzene rings is 1. The standard InChI is InChI=1S/C15H23N3O/c1-13(7-8-16)15(19)18-11-9-17(10-12-18)14-5-3-2-4-6-14/h2-6,13H,7-12,16H2,1H3. The van der Waals surface area contributed by atoms with Gasteiger partial charge in [-0.3, -0.25) is 4.79 Å². The molecule has 0 radical (unpaired) electrons. The summed E-state index contributed by atoms with van der Waals surface area (Å²) in [5.74, 6) is 0.298. The van der Waals surface area contributed by atoms with Crippen LogP contribution in [0.3, 0.4) is 0 Å². The Morgan fingerprint density at radius 3 is 2.42 bits per heavy atom. The number of para-hydroxylation sites is 1. The molecule has 1 aliphatic rings. The van der Waals surface area contributed by atoms with E-state index in [1.165, 1.54) is 5.69 Å². The number of carbonyl (C=O) groups is 1. The zero-order valence-corrected chi connectivity index (χ0v) is 11.6. The van der Waals surface area contributed by atoms with Crippen LogP contribution in [0.4, 0.5) is 5.69 Å². The summed E-state index contributed by atoms with van der Waals surface area (Å²) in [5.41, 5.74) is 6.76. The summed E-state index contributed by atoms with van der Waals surface area (Å²) >= 11 is 0. The predicted octanol–water partition coefficient (Wildman–Crippen LogP) is 1.32. The highest BCUT2D eigenvalue weighted by Crippen LogP contribution is 2.17. The van der Waals surface area contributed by atoms with E-state index < -0.39 is 0 Å². The highest BCUT2D eigenvalue weighted by Gasteiger charge is 2.24. The molecule has 1 aromatic rings. The van der Waals surface area contributed by atoms with Crippen molar-refractivity contribution in [2.24, 2.45) is 11.7 Å². The minimum absolute atomic E-state index is 0.0493. The van der Waals surface area contributed by atoms with Crippen molar-refractivity contribution in [3.63, 3.8) is 0 Å². The maximum Gasteiger partial charge on any atom is 0.225 e. The van der Waals surface area contributed by atoms with Crippen molar-refractivity contribution in [3.05, 3.63) is 30.3 Å². The Bertz CT molecular complexity index is 399. The van der Waals surface area contributed by atoms with Crippen molar-refractivity contribution < 1.29 is 4.79 Å². The Labute approximate surface area is 115 Å². The minimum Gasteiger partial charge on any atom is -0.368 e. The second-order valence-electron chi connectivity index (χ2n) is 5.13. The van der Waals surface area contributed by atoms with E-state index in [0.29, 0.717) is 6.54 Å². The number of nitrogens with two attached hydrogens (primary N) is 1. The van der Waals surface area contributed by atoms with Gasteiger partial charge >= 0.3 is 0 Å². The molecule has 0 saturated carbocycles. The summed E-state index contributed by atoms with van der Waals surface area (Å²) in [5, 5.41) is 0. The Morgan fingerprint density at radius 1 is 1.21 bits per heavy atom. The monoisotopic (exact) mass is 261 g/mol. The van der Waals surface area contributed by atoms with Crippen molar-refractivity contribution in [1.82, 2.24) is 4.90 Å². The number of nitrogens with zero attached hydrogens (tertiary/aromatic N) is 2. The normalized spacial score (nSPS) is 17.4. The topological polar surface area (TPSA) is 49.6 Å². The third-order valence-electron chi connectivity index (χ3n) is 3.73. The quantitative estimate of drug-likeness (QED) is 0.889. The van der Waals surface area contributed by atoms with Gasteiger partial charge in [0.2, 0.25) is 5.91 Å². The Morgan fingerprint density at radius 2 is 1.84 bits per heavy atom. The number of rotatable bonds is 4. The van der Waals surface area contributed by atoms with E-state index in [9.17, 15) is 4.79 Å². The number of anilines is 1. The van der Waals surface area contributed by atoms with Gasteiger partial charge in [0.05, 0.1) is 0 Å². The molecule has 1 heterocycles. The fraction of sp³-hybridized carbons (Fsp3) is 0.533. The fourth-order valence-corrected chi connectivity index (χ4v) is 2.51. The van der Waals surface area contributed by atoms with Crippen LogP contribution in [-0.4, -0.2) is 43.5 Å². The first kappa shape index (κ1) is 13.9. The molecule has 1 aliphatic heterocycles. The molecule has 0 spiro atoms. The SMILES string of the molecule is CC(CCN)C(=O)N1CCN(c2ccccc2)CC1. The molecular formula is C15H23N3O. The van der Waals surface area contributed by atoms with Gasteiger partial charge in [0.1, 0.15) is 0 Å². The number of amides is 1. The van der Waals surface area contributed by atoms with Crippen LogP contribution < -0.4 is 10.6 Å². The van der Waals surface area contributed by atoms with E-state index in [1.807, 2.05) is 17.9 Å². The lowest BCUT2D eigenvalue weighted by molar-refractivity contribution is -0.135. The molecule has 1 atom stereocenters. The summed E-state index contributed by atoms with van der Waals surface area (Å²) in [6.07, 6.45) is 0.776. The maximum absolute atomic E-state index is 12.2. The molecule has 0 aliphatic carbocycles. The first-order chi connectivity index (χ1) is 9.22. The molecule has 1 saturated heterocycles. The second kappa shape index (κ2) is 6.57. The average Bonchev–Trinajstić information content (AvgIpc) is 2.48. The van der Waals surface area contributed by atoms with Gasteiger partial charge in [-0.2, -0.15) is 0 Å². The second-order valence-corrected chi connectivity index (χ2v) is 5.13. The molecule has 1 amide bonds. The lowest BCUT2D eigenvalue weighted by Gasteiger charge is -2.37. The molecule has 4 heteroatoms. The molecule has 1 unspecified atom stereocenters. The fourth-order valence-electron chi connectivity index (χ4n) is 2.51. The molecule has 1 aromatic carbocycles. The zero-order chi connectivity index (χ0) is 13.7. The lowest BCUT2D eigenvalue weighted by Crippen LogP contribution is -2.50. The van der Waals surface area contributed by atoms with Crippen LogP contribution in [0.15, 0.2) is 30.3 Å². The summed E-state index contributed by atoms with van der Waals surface area (Å²) in [6.45, 7) is 5.98. The van der Waals surface area contributed by atoms with Crippen LogP contribution in [0, 0.1) is 5.92 Å². The Hall–Kier alpha value is -1.55. The van der Waals surface area contributed by atoms with E-state index in [0.717, 1.165) is 32.6 Å². The van der Waals surface area contributed by atoms with Crippen molar-refractivity contribution in [2.75, 3.05) is 37.6 Å². The molecule has 4 nitrogen and oxygen atoms in total. The molecule has 104 valence electrons. The van der Waals surface area contributed by atoms with E-state index in [1.54, 1.807) is 0 Å². The maximum atomic E-state index is 12.2. The third-order valence-corrected chi connectivity index (χ3v) is 3.73. The van der Waals surface area contributed by atoms with E-state index in [2.05, 4.69) is 29.2 Å². The van der Waals surface area contributed by atoms with Crippen LogP contribution in [0.25, 0.3) is 0 Å². The number of piperazine rings is 1.